The largest absolute Gasteiger partial charge is 0.488 e. The average molecular weight is 374 g/mol. The van der Waals surface area contributed by atoms with Gasteiger partial charge in [0.25, 0.3) is 0 Å². The van der Waals surface area contributed by atoms with Crippen molar-refractivity contribution in [3.63, 3.8) is 0 Å². The van der Waals surface area contributed by atoms with E-state index in [1.54, 1.807) is 6.20 Å². The number of likely N-dealkylation sites (tertiary alicyclic amines) is 1. The van der Waals surface area contributed by atoms with Crippen LogP contribution in [-0.4, -0.2) is 35.0 Å². The van der Waals surface area contributed by atoms with Gasteiger partial charge in [0.1, 0.15) is 17.4 Å². The number of carbonyl (C=O) groups excluding carboxylic acids is 1. The Labute approximate surface area is 166 Å². The molecule has 4 heteroatoms. The third-order valence-corrected chi connectivity index (χ3v) is 5.55. The number of amides is 1. The summed E-state index contributed by atoms with van der Waals surface area (Å²) >= 11 is 0. The van der Waals surface area contributed by atoms with Crippen LogP contribution in [0.4, 0.5) is 0 Å². The van der Waals surface area contributed by atoms with Gasteiger partial charge in [0.15, 0.2) is 0 Å². The van der Waals surface area contributed by atoms with E-state index in [9.17, 15) is 4.79 Å². The highest BCUT2D eigenvalue weighted by Gasteiger charge is 2.24. The third kappa shape index (κ3) is 4.16. The zero-order valence-electron chi connectivity index (χ0n) is 16.3. The van der Waals surface area contributed by atoms with Crippen LogP contribution in [0.25, 0.3) is 10.9 Å². The number of hydrogen-bond donors (Lipinski definition) is 0. The number of para-hydroxylation sites is 1. The number of benzene rings is 2. The molecule has 3 aromatic rings. The molecule has 4 nitrogen and oxygen atoms in total. The second kappa shape index (κ2) is 8.42. The molecule has 0 aliphatic carbocycles. The summed E-state index contributed by atoms with van der Waals surface area (Å²) in [7, 11) is 0. The number of ether oxygens (including phenoxy) is 1. The molecule has 1 fully saturated rings. The van der Waals surface area contributed by atoms with Gasteiger partial charge in [0.2, 0.25) is 5.91 Å². The van der Waals surface area contributed by atoms with Gasteiger partial charge in [-0.25, -0.2) is 0 Å². The topological polar surface area (TPSA) is 42.4 Å². The number of hydrogen-bond acceptors (Lipinski definition) is 3. The van der Waals surface area contributed by atoms with Crippen molar-refractivity contribution in [2.45, 2.75) is 38.7 Å². The molecule has 0 radical (unpaired) electrons. The first kappa shape index (κ1) is 18.5. The normalized spacial score (nSPS) is 15.0. The Hall–Kier alpha value is -2.88. The lowest BCUT2D eigenvalue weighted by molar-refractivity contribution is -0.132. The van der Waals surface area contributed by atoms with Crippen molar-refractivity contribution in [1.29, 1.82) is 0 Å². The molecule has 1 aliphatic heterocycles. The van der Waals surface area contributed by atoms with E-state index in [1.807, 2.05) is 47.4 Å². The fraction of sp³-hybridized carbons (Fsp3) is 0.333. The molecule has 0 N–H and O–H groups in total. The summed E-state index contributed by atoms with van der Waals surface area (Å²) in [6.07, 6.45) is 5.03. The molecule has 4 rings (SSSR count). The summed E-state index contributed by atoms with van der Waals surface area (Å²) in [5, 5.41) is 1.09. The van der Waals surface area contributed by atoms with Gasteiger partial charge >= 0.3 is 0 Å². The first-order valence-electron chi connectivity index (χ1n) is 10.0. The number of nitrogens with zero attached hydrogens (tertiary/aromatic N) is 2. The fourth-order valence-corrected chi connectivity index (χ4v) is 3.86. The molecule has 0 atom stereocenters. The summed E-state index contributed by atoms with van der Waals surface area (Å²) in [5.41, 5.74) is 3.42. The first-order chi connectivity index (χ1) is 13.7. The molecule has 0 saturated carbocycles. The Morgan fingerprint density at radius 1 is 1.07 bits per heavy atom. The number of rotatable bonds is 5. The molecule has 1 aromatic heterocycles. The highest BCUT2D eigenvalue weighted by molar-refractivity contribution is 5.84. The molecule has 2 heterocycles. The van der Waals surface area contributed by atoms with E-state index in [0.717, 1.165) is 49.0 Å². The van der Waals surface area contributed by atoms with Crippen LogP contribution in [0.2, 0.25) is 0 Å². The molecule has 1 aliphatic rings. The Morgan fingerprint density at radius 3 is 2.68 bits per heavy atom. The standard InChI is InChI=1S/C24H26N2O2/c1-18-6-2-3-7-19(18)11-12-23(27)26-16-13-21(14-17-26)28-22-10-4-8-20-9-5-15-25-24(20)22/h2-10,15,21H,11-14,16-17H2,1H3. The minimum Gasteiger partial charge on any atom is -0.488 e. The van der Waals surface area contributed by atoms with Gasteiger partial charge < -0.3 is 9.64 Å². The average Bonchev–Trinajstić information content (AvgIpc) is 2.74. The van der Waals surface area contributed by atoms with Gasteiger partial charge in [-0.2, -0.15) is 0 Å². The number of pyridine rings is 1. The second-order valence-electron chi connectivity index (χ2n) is 7.46. The van der Waals surface area contributed by atoms with E-state index in [2.05, 4.69) is 24.0 Å². The van der Waals surface area contributed by atoms with Crippen LogP contribution in [0.3, 0.4) is 0 Å². The summed E-state index contributed by atoms with van der Waals surface area (Å²) in [5.74, 6) is 1.08. The molecular formula is C24H26N2O2. The van der Waals surface area contributed by atoms with Crippen LogP contribution in [-0.2, 0) is 11.2 Å². The number of aryl methyl sites for hydroxylation is 2. The van der Waals surface area contributed by atoms with Crippen LogP contribution in [0, 0.1) is 6.92 Å². The van der Waals surface area contributed by atoms with Crippen LogP contribution in [0.1, 0.15) is 30.4 Å². The van der Waals surface area contributed by atoms with Crippen molar-refractivity contribution in [3.8, 4) is 5.75 Å². The molecule has 0 unspecified atom stereocenters. The summed E-state index contributed by atoms with van der Waals surface area (Å²) < 4.78 is 6.24. The van der Waals surface area contributed by atoms with Gasteiger partial charge in [-0.15, -0.1) is 0 Å². The Bertz CT molecular complexity index is 956. The number of aromatic nitrogens is 1. The SMILES string of the molecule is Cc1ccccc1CCC(=O)N1CCC(Oc2cccc3cccnc23)CC1. The van der Waals surface area contributed by atoms with E-state index in [0.29, 0.717) is 6.42 Å². The van der Waals surface area contributed by atoms with Crippen molar-refractivity contribution in [1.82, 2.24) is 9.88 Å². The second-order valence-corrected chi connectivity index (χ2v) is 7.46. The van der Waals surface area contributed by atoms with E-state index >= 15 is 0 Å². The highest BCUT2D eigenvalue weighted by atomic mass is 16.5. The van der Waals surface area contributed by atoms with Crippen molar-refractivity contribution in [3.05, 3.63) is 71.9 Å². The zero-order valence-corrected chi connectivity index (χ0v) is 16.3. The number of carbonyl (C=O) groups is 1. The van der Waals surface area contributed by atoms with Crippen LogP contribution in [0.5, 0.6) is 5.75 Å². The molecule has 0 bridgehead atoms. The molecule has 2 aromatic carbocycles. The van der Waals surface area contributed by atoms with Crippen LogP contribution in [0.15, 0.2) is 60.8 Å². The predicted octanol–water partition coefficient (Wildman–Crippen LogP) is 4.55. The maximum atomic E-state index is 12.6. The first-order valence-corrected chi connectivity index (χ1v) is 10.0. The van der Waals surface area contributed by atoms with Gasteiger partial charge in [-0.05, 0) is 36.6 Å². The molecular weight excluding hydrogens is 348 g/mol. The van der Waals surface area contributed by atoms with E-state index < -0.39 is 0 Å². The Kier molecular flexibility index (Phi) is 5.56. The van der Waals surface area contributed by atoms with E-state index in [1.165, 1.54) is 11.1 Å². The summed E-state index contributed by atoms with van der Waals surface area (Å²) in [6, 6.07) is 18.3. The molecule has 0 spiro atoms. The number of piperidine rings is 1. The van der Waals surface area contributed by atoms with Crippen molar-refractivity contribution >= 4 is 16.8 Å². The monoisotopic (exact) mass is 374 g/mol. The van der Waals surface area contributed by atoms with Crippen LogP contribution < -0.4 is 4.74 Å². The summed E-state index contributed by atoms with van der Waals surface area (Å²) in [4.78, 5) is 19.0. The lowest BCUT2D eigenvalue weighted by Gasteiger charge is -2.32. The summed E-state index contributed by atoms with van der Waals surface area (Å²) in [6.45, 7) is 3.62. The van der Waals surface area contributed by atoms with Crippen molar-refractivity contribution in [2.75, 3.05) is 13.1 Å². The molecule has 1 saturated heterocycles. The van der Waals surface area contributed by atoms with Crippen LogP contribution >= 0.6 is 0 Å². The smallest absolute Gasteiger partial charge is 0.222 e. The zero-order chi connectivity index (χ0) is 19.3. The highest BCUT2D eigenvalue weighted by Crippen LogP contribution is 2.26. The maximum absolute atomic E-state index is 12.6. The number of fused-ring (bicyclic) bond motifs is 1. The minimum absolute atomic E-state index is 0.132. The fourth-order valence-electron chi connectivity index (χ4n) is 3.86. The Balaban J connectivity index is 1.30. The van der Waals surface area contributed by atoms with Gasteiger partial charge in [0.05, 0.1) is 0 Å². The Morgan fingerprint density at radius 2 is 1.86 bits per heavy atom. The van der Waals surface area contributed by atoms with Gasteiger partial charge in [-0.3, -0.25) is 9.78 Å². The molecule has 1 amide bonds. The van der Waals surface area contributed by atoms with Gasteiger partial charge in [0, 0.05) is 43.9 Å². The van der Waals surface area contributed by atoms with Crippen molar-refractivity contribution in [2.24, 2.45) is 0 Å². The van der Waals surface area contributed by atoms with E-state index in [4.69, 9.17) is 4.74 Å². The lowest BCUT2D eigenvalue weighted by Crippen LogP contribution is -2.41. The molecule has 28 heavy (non-hydrogen) atoms. The van der Waals surface area contributed by atoms with E-state index in [-0.39, 0.29) is 12.0 Å². The third-order valence-electron chi connectivity index (χ3n) is 5.55. The minimum atomic E-state index is 0.132. The maximum Gasteiger partial charge on any atom is 0.222 e. The molecule has 144 valence electrons. The quantitative estimate of drug-likeness (QED) is 0.658. The predicted molar refractivity (Wildman–Crippen MR) is 111 cm³/mol. The van der Waals surface area contributed by atoms with Crippen molar-refractivity contribution < 1.29 is 9.53 Å². The lowest BCUT2D eigenvalue weighted by atomic mass is 10.0. The van der Waals surface area contributed by atoms with Gasteiger partial charge in [-0.1, -0.05) is 42.5 Å².